The molecular weight excluding hydrogens is 200 g/mol. The van der Waals surface area contributed by atoms with E-state index < -0.39 is 5.97 Å². The summed E-state index contributed by atoms with van der Waals surface area (Å²) in [7, 11) is 0. The Bertz CT molecular complexity index is 534. The molecule has 0 saturated carbocycles. The number of aliphatic carboxylic acids is 1. The Balaban J connectivity index is 2.55. The minimum Gasteiger partial charge on any atom is -0.493 e. The van der Waals surface area contributed by atoms with E-state index >= 15 is 0 Å². The highest BCUT2D eigenvalue weighted by Crippen LogP contribution is 2.11. The summed E-state index contributed by atoms with van der Waals surface area (Å²) in [5.41, 5.74) is 0.592. The predicted octanol–water partition coefficient (Wildman–Crippen LogP) is -0.235. The van der Waals surface area contributed by atoms with Gasteiger partial charge in [0.1, 0.15) is 6.42 Å². The van der Waals surface area contributed by atoms with Crippen molar-refractivity contribution in [3.8, 4) is 5.88 Å². The van der Waals surface area contributed by atoms with Crippen molar-refractivity contribution in [1.29, 1.82) is 0 Å². The molecule has 78 valence electrons. The molecule has 0 radical (unpaired) electrons. The fraction of sp³-hybridized carbons (Fsp3) is 0.250. The number of aromatic nitrogens is 4. The third-order valence-electron chi connectivity index (χ3n) is 1.77. The zero-order chi connectivity index (χ0) is 11.0. The second-order valence-electron chi connectivity index (χ2n) is 3.07. The third kappa shape index (κ3) is 1.71. The van der Waals surface area contributed by atoms with Crippen LogP contribution in [0.5, 0.6) is 5.88 Å². The van der Waals surface area contributed by atoms with E-state index in [4.69, 9.17) is 5.11 Å². The fourth-order valence-corrected chi connectivity index (χ4v) is 1.22. The number of hydrogen-bond acceptors (Lipinski definition) is 5. The van der Waals surface area contributed by atoms with Crippen LogP contribution < -0.4 is 0 Å². The van der Waals surface area contributed by atoms with Gasteiger partial charge in [-0.2, -0.15) is 9.50 Å². The molecule has 2 aromatic rings. The smallest absolute Gasteiger partial charge is 0.311 e. The summed E-state index contributed by atoms with van der Waals surface area (Å²) < 4.78 is 1.10. The maximum atomic E-state index is 10.4. The first-order valence-corrected chi connectivity index (χ1v) is 4.20. The van der Waals surface area contributed by atoms with Gasteiger partial charge in [0.25, 0.3) is 5.78 Å². The SMILES string of the molecule is Cc1cc(O)n2nc(CC(=O)O)nc2n1. The van der Waals surface area contributed by atoms with Crippen molar-refractivity contribution < 1.29 is 15.0 Å². The molecular formula is C8H8N4O3. The number of nitrogens with zero attached hydrogens (tertiary/aromatic N) is 4. The summed E-state index contributed by atoms with van der Waals surface area (Å²) in [6.07, 6.45) is -0.290. The zero-order valence-electron chi connectivity index (χ0n) is 7.88. The second kappa shape index (κ2) is 3.19. The number of aryl methyl sites for hydroxylation is 1. The van der Waals surface area contributed by atoms with Crippen LogP contribution >= 0.6 is 0 Å². The largest absolute Gasteiger partial charge is 0.493 e. The lowest BCUT2D eigenvalue weighted by Gasteiger charge is -1.95. The Morgan fingerprint density at radius 3 is 2.93 bits per heavy atom. The summed E-state index contributed by atoms with van der Waals surface area (Å²) in [6, 6.07) is 1.42. The van der Waals surface area contributed by atoms with Crippen LogP contribution in [0.4, 0.5) is 0 Å². The van der Waals surface area contributed by atoms with Gasteiger partial charge in [0.05, 0.1) is 0 Å². The van der Waals surface area contributed by atoms with Crippen LogP contribution in [0.15, 0.2) is 6.07 Å². The number of aromatic hydroxyl groups is 1. The number of rotatable bonds is 2. The van der Waals surface area contributed by atoms with Crippen molar-refractivity contribution in [2.45, 2.75) is 13.3 Å². The van der Waals surface area contributed by atoms with E-state index in [2.05, 4.69) is 15.1 Å². The summed E-state index contributed by atoms with van der Waals surface area (Å²) in [4.78, 5) is 18.3. The molecule has 0 atom stereocenters. The summed E-state index contributed by atoms with van der Waals surface area (Å²) >= 11 is 0. The first kappa shape index (κ1) is 9.38. The van der Waals surface area contributed by atoms with Gasteiger partial charge in [-0.15, -0.1) is 5.10 Å². The number of fused-ring (bicyclic) bond motifs is 1. The molecule has 0 saturated heterocycles. The second-order valence-corrected chi connectivity index (χ2v) is 3.07. The Morgan fingerprint density at radius 2 is 2.27 bits per heavy atom. The third-order valence-corrected chi connectivity index (χ3v) is 1.77. The van der Waals surface area contributed by atoms with Crippen LogP contribution in [0, 0.1) is 6.92 Å². The lowest BCUT2D eigenvalue weighted by atomic mass is 10.4. The Morgan fingerprint density at radius 1 is 1.53 bits per heavy atom. The fourth-order valence-electron chi connectivity index (χ4n) is 1.22. The lowest BCUT2D eigenvalue weighted by Crippen LogP contribution is -2.02. The number of carboxylic acids is 1. The van der Waals surface area contributed by atoms with Gasteiger partial charge in [-0.1, -0.05) is 0 Å². The van der Waals surface area contributed by atoms with E-state index in [9.17, 15) is 9.90 Å². The number of carbonyl (C=O) groups is 1. The molecule has 0 aromatic carbocycles. The minimum absolute atomic E-state index is 0.110. The molecule has 7 heteroatoms. The van der Waals surface area contributed by atoms with E-state index in [-0.39, 0.29) is 23.9 Å². The average molecular weight is 208 g/mol. The average Bonchev–Trinajstić information content (AvgIpc) is 2.45. The topological polar surface area (TPSA) is 101 Å². The van der Waals surface area contributed by atoms with E-state index in [0.29, 0.717) is 5.69 Å². The molecule has 0 aliphatic rings. The molecule has 2 N–H and O–H groups in total. The van der Waals surface area contributed by atoms with Gasteiger partial charge < -0.3 is 10.2 Å². The highest BCUT2D eigenvalue weighted by molar-refractivity contribution is 5.69. The molecule has 2 rings (SSSR count). The molecule has 0 amide bonds. The monoisotopic (exact) mass is 208 g/mol. The maximum Gasteiger partial charge on any atom is 0.311 e. The molecule has 0 spiro atoms. The van der Waals surface area contributed by atoms with Gasteiger partial charge >= 0.3 is 5.97 Å². The standard InChI is InChI=1S/C8H8N4O3/c1-4-2-6(13)12-8(9-4)10-5(11-12)3-7(14)15/h2,13H,3H2,1H3,(H,14,15). The molecule has 15 heavy (non-hydrogen) atoms. The Hall–Kier alpha value is -2.18. The van der Waals surface area contributed by atoms with Gasteiger partial charge in [0.2, 0.25) is 5.88 Å². The zero-order valence-corrected chi connectivity index (χ0v) is 7.88. The van der Waals surface area contributed by atoms with Crippen molar-refractivity contribution in [2.24, 2.45) is 0 Å². The van der Waals surface area contributed by atoms with Gasteiger partial charge in [-0.25, -0.2) is 4.98 Å². The van der Waals surface area contributed by atoms with Crippen molar-refractivity contribution in [3.63, 3.8) is 0 Å². The van der Waals surface area contributed by atoms with Crippen LogP contribution in [0.1, 0.15) is 11.5 Å². The normalized spacial score (nSPS) is 10.7. The molecule has 0 unspecified atom stereocenters. The quantitative estimate of drug-likeness (QED) is 0.706. The number of carboxylic acid groups (broad SMARTS) is 1. The maximum absolute atomic E-state index is 10.4. The van der Waals surface area contributed by atoms with Crippen molar-refractivity contribution in [1.82, 2.24) is 19.6 Å². The van der Waals surface area contributed by atoms with E-state index in [0.717, 1.165) is 4.52 Å². The first-order valence-electron chi connectivity index (χ1n) is 4.20. The lowest BCUT2D eigenvalue weighted by molar-refractivity contribution is -0.136. The minimum atomic E-state index is -1.03. The molecule has 0 bridgehead atoms. The molecule has 0 aliphatic carbocycles. The van der Waals surface area contributed by atoms with Crippen LogP contribution in [0.2, 0.25) is 0 Å². The van der Waals surface area contributed by atoms with Crippen molar-refractivity contribution in [2.75, 3.05) is 0 Å². The van der Waals surface area contributed by atoms with Crippen LogP contribution in [0.3, 0.4) is 0 Å². The highest BCUT2D eigenvalue weighted by Gasteiger charge is 2.11. The summed E-state index contributed by atoms with van der Waals surface area (Å²) in [5, 5.41) is 21.8. The van der Waals surface area contributed by atoms with Crippen LogP contribution in [-0.4, -0.2) is 35.8 Å². The first-order chi connectivity index (χ1) is 7.06. The molecule has 2 heterocycles. The summed E-state index contributed by atoms with van der Waals surface area (Å²) in [6.45, 7) is 1.70. The van der Waals surface area contributed by atoms with Crippen LogP contribution in [0.25, 0.3) is 5.78 Å². The van der Waals surface area contributed by atoms with Gasteiger partial charge in [-0.05, 0) is 6.92 Å². The molecule has 0 aliphatic heterocycles. The molecule has 7 nitrogen and oxygen atoms in total. The van der Waals surface area contributed by atoms with Crippen molar-refractivity contribution in [3.05, 3.63) is 17.6 Å². The van der Waals surface area contributed by atoms with E-state index in [1.807, 2.05) is 0 Å². The number of hydrogen-bond donors (Lipinski definition) is 2. The Labute approximate surface area is 84.0 Å². The molecule has 2 aromatic heterocycles. The Kier molecular flexibility index (Phi) is 2.00. The summed E-state index contributed by atoms with van der Waals surface area (Å²) in [5.74, 6) is -0.816. The van der Waals surface area contributed by atoms with E-state index in [1.54, 1.807) is 6.92 Å². The van der Waals surface area contributed by atoms with Gasteiger partial charge in [0.15, 0.2) is 5.82 Å². The molecule has 0 fully saturated rings. The van der Waals surface area contributed by atoms with E-state index in [1.165, 1.54) is 6.07 Å². The van der Waals surface area contributed by atoms with Gasteiger partial charge in [-0.3, -0.25) is 4.79 Å². The van der Waals surface area contributed by atoms with Crippen LogP contribution in [-0.2, 0) is 11.2 Å². The predicted molar refractivity (Wildman–Crippen MR) is 48.5 cm³/mol. The highest BCUT2D eigenvalue weighted by atomic mass is 16.4. The van der Waals surface area contributed by atoms with Crippen molar-refractivity contribution >= 4 is 11.7 Å². The van der Waals surface area contributed by atoms with Gasteiger partial charge in [0, 0.05) is 11.8 Å².